The van der Waals surface area contributed by atoms with Gasteiger partial charge in [0.25, 0.3) is 0 Å². The Kier molecular flexibility index (Phi) is 123. The first-order valence-corrected chi connectivity index (χ1v) is 0. The van der Waals surface area contributed by atoms with Crippen molar-refractivity contribution in [1.29, 1.82) is 0 Å². The maximum atomic E-state index is 0. The Hall–Kier alpha value is 2.84. The summed E-state index contributed by atoms with van der Waals surface area (Å²) in [5.74, 6) is 0. The quantitative estimate of drug-likeness (QED) is 0.322. The molecule has 0 aliphatic carbocycles. The Bertz CT molecular complexity index is 9.61. The number of hydrogen-bond donors (Lipinski definition) is 0. The zero-order valence-electron chi connectivity index (χ0n) is 3.46. The Balaban J connectivity index is 0. The van der Waals surface area contributed by atoms with E-state index in [9.17, 15) is 0 Å². The number of hydrogen-bond acceptors (Lipinski definition) is 0. The van der Waals surface area contributed by atoms with Gasteiger partial charge < -0.3 is 26.2 Å². The summed E-state index contributed by atoms with van der Waals surface area (Å²) in [5, 5.41) is 0. The first-order chi connectivity index (χ1) is 0. The summed E-state index contributed by atoms with van der Waals surface area (Å²) in [6.45, 7) is 0. The normalized spacial score (nSPS) is 0. The van der Waals surface area contributed by atoms with Crippen LogP contribution < -0.4 is 76.2 Å². The second-order valence-electron chi connectivity index (χ2n) is 0. The molecule has 18 valence electrons. The average Bonchev–Trinajstić information content (AvgIpc) is 0. The van der Waals surface area contributed by atoms with Crippen LogP contribution in [0.15, 0.2) is 0 Å². The van der Waals surface area contributed by atoms with E-state index in [1.807, 2.05) is 0 Å². The third-order valence-corrected chi connectivity index (χ3v) is 0. The van der Waals surface area contributed by atoms with Crippen molar-refractivity contribution in [2.75, 3.05) is 0 Å². The van der Waals surface area contributed by atoms with Gasteiger partial charge in [0, 0.05) is 0 Å². The molecule has 0 aromatic rings. The molecule has 0 amide bonds. The molecule has 4 heteroatoms. The molecule has 0 aliphatic heterocycles. The predicted octanol–water partition coefficient (Wildman–Crippen LogP) is -8.88. The SMILES string of the molecule is [Cl-].[Cl-].[H-].[K+].[Zn+2]. The molecule has 0 bridgehead atoms. The van der Waals surface area contributed by atoms with Crippen molar-refractivity contribution in [3.05, 3.63) is 0 Å². The van der Waals surface area contributed by atoms with Gasteiger partial charge in [-0.25, -0.2) is 0 Å². The smallest absolute Gasteiger partial charge is 1.00 e. The van der Waals surface area contributed by atoms with Crippen LogP contribution in [-0.4, -0.2) is 0 Å². The van der Waals surface area contributed by atoms with E-state index in [1.165, 1.54) is 0 Å². The molecule has 0 unspecified atom stereocenters. The van der Waals surface area contributed by atoms with Gasteiger partial charge in [-0.2, -0.15) is 0 Å². The Morgan fingerprint density at radius 3 is 1.00 bits per heavy atom. The van der Waals surface area contributed by atoms with E-state index in [1.54, 1.807) is 0 Å². The van der Waals surface area contributed by atoms with Crippen molar-refractivity contribution in [3.8, 4) is 0 Å². The molecule has 0 atom stereocenters. The maximum Gasteiger partial charge on any atom is 2.00 e. The minimum atomic E-state index is 0. The predicted molar refractivity (Wildman–Crippen MR) is 1.11 cm³/mol. The van der Waals surface area contributed by atoms with Gasteiger partial charge in [0.2, 0.25) is 0 Å². The summed E-state index contributed by atoms with van der Waals surface area (Å²) in [4.78, 5) is 0. The minimum Gasteiger partial charge on any atom is -1.00 e. The van der Waals surface area contributed by atoms with Gasteiger partial charge in [-0.1, -0.05) is 0 Å². The van der Waals surface area contributed by atoms with E-state index in [0.717, 1.165) is 0 Å². The fourth-order valence-electron chi connectivity index (χ4n) is 0. The van der Waals surface area contributed by atoms with Crippen LogP contribution >= 0.6 is 0 Å². The van der Waals surface area contributed by atoms with E-state index >= 15 is 0 Å². The molecule has 0 N–H and O–H groups in total. The Labute approximate surface area is 95.0 Å². The molecule has 0 aliphatic rings. The first kappa shape index (κ1) is 28.9. The molecule has 0 aromatic carbocycles. The van der Waals surface area contributed by atoms with E-state index in [2.05, 4.69) is 0 Å². The molecule has 4 heavy (non-hydrogen) atoms. The Morgan fingerprint density at radius 2 is 1.00 bits per heavy atom. The van der Waals surface area contributed by atoms with Crippen LogP contribution in [0.5, 0.6) is 0 Å². The van der Waals surface area contributed by atoms with Gasteiger partial charge in [-0.15, -0.1) is 0 Å². The van der Waals surface area contributed by atoms with E-state index in [-0.39, 0.29) is 97.1 Å². The summed E-state index contributed by atoms with van der Waals surface area (Å²) in [6, 6.07) is 0. The standard InChI is InChI=1S/2ClH.K.Zn.H/h2*1H;;;/q;;+1;+2;-1/p-2. The van der Waals surface area contributed by atoms with Crippen molar-refractivity contribution in [2.24, 2.45) is 0 Å². The zero-order valence-corrected chi connectivity index (χ0v) is 10.1. The summed E-state index contributed by atoms with van der Waals surface area (Å²) in [7, 11) is 0. The van der Waals surface area contributed by atoms with E-state index < -0.39 is 0 Å². The van der Waals surface area contributed by atoms with Gasteiger partial charge in [-0.3, -0.25) is 0 Å². The third-order valence-electron chi connectivity index (χ3n) is 0. The average molecular weight is 176 g/mol. The maximum absolute atomic E-state index is 0. The number of halogens is 2. The molecule has 0 heterocycles. The number of rotatable bonds is 0. The molecule has 0 radical (unpaired) electrons. The first-order valence-electron chi connectivity index (χ1n) is 0. The fourth-order valence-corrected chi connectivity index (χ4v) is 0. The summed E-state index contributed by atoms with van der Waals surface area (Å²) in [5.41, 5.74) is 0. The molecule has 0 saturated carbocycles. The van der Waals surface area contributed by atoms with Crippen molar-refractivity contribution in [3.63, 3.8) is 0 Å². The molecule has 0 spiro atoms. The van der Waals surface area contributed by atoms with Crippen molar-refractivity contribution < 1.29 is 97.1 Å². The minimum absolute atomic E-state index is 0. The summed E-state index contributed by atoms with van der Waals surface area (Å²) >= 11 is 0. The van der Waals surface area contributed by atoms with Crippen molar-refractivity contribution >= 4 is 0 Å². The fraction of sp³-hybridized carbons (Fsp3) is 0. The van der Waals surface area contributed by atoms with Gasteiger partial charge in [0.15, 0.2) is 0 Å². The monoisotopic (exact) mass is 174 g/mol. The van der Waals surface area contributed by atoms with Crippen LogP contribution in [0.25, 0.3) is 0 Å². The van der Waals surface area contributed by atoms with Crippen LogP contribution in [0.1, 0.15) is 1.43 Å². The Morgan fingerprint density at radius 1 is 1.00 bits per heavy atom. The topological polar surface area (TPSA) is 0 Å². The van der Waals surface area contributed by atoms with Crippen LogP contribution in [0.4, 0.5) is 0 Å². The van der Waals surface area contributed by atoms with Gasteiger partial charge >= 0.3 is 70.9 Å². The second-order valence-corrected chi connectivity index (χ2v) is 0. The van der Waals surface area contributed by atoms with Crippen LogP contribution in [0.2, 0.25) is 0 Å². The van der Waals surface area contributed by atoms with Crippen LogP contribution in [0, 0.1) is 0 Å². The van der Waals surface area contributed by atoms with Crippen molar-refractivity contribution in [2.45, 2.75) is 0 Å². The molecule has 0 aromatic heterocycles. The largest absolute Gasteiger partial charge is 2.00 e. The molecule has 0 saturated heterocycles. The van der Waals surface area contributed by atoms with Crippen LogP contribution in [-0.2, 0) is 19.5 Å². The van der Waals surface area contributed by atoms with Gasteiger partial charge in [0.05, 0.1) is 0 Å². The molecule has 0 nitrogen and oxygen atoms in total. The molecule has 0 rings (SSSR count). The third kappa shape index (κ3) is 8.85. The zero-order chi connectivity index (χ0) is 0. The molecular formula is HCl2KZn. The molecular weight excluding hydrogens is 175 g/mol. The molecule has 0 fully saturated rings. The van der Waals surface area contributed by atoms with Gasteiger partial charge in [-0.05, 0) is 0 Å². The summed E-state index contributed by atoms with van der Waals surface area (Å²) in [6.07, 6.45) is 0. The van der Waals surface area contributed by atoms with Crippen LogP contribution in [0.3, 0.4) is 0 Å². The van der Waals surface area contributed by atoms with E-state index in [0.29, 0.717) is 0 Å². The van der Waals surface area contributed by atoms with Crippen molar-refractivity contribution in [1.82, 2.24) is 0 Å². The van der Waals surface area contributed by atoms with E-state index in [4.69, 9.17) is 0 Å². The van der Waals surface area contributed by atoms with Gasteiger partial charge in [0.1, 0.15) is 0 Å². The summed E-state index contributed by atoms with van der Waals surface area (Å²) < 4.78 is 0. The second kappa shape index (κ2) is 17.0.